The molecule has 7 heteroatoms. The summed E-state index contributed by atoms with van der Waals surface area (Å²) in [7, 11) is 1.50. The van der Waals surface area contributed by atoms with E-state index < -0.39 is 5.82 Å². The Bertz CT molecular complexity index is 1190. The van der Waals surface area contributed by atoms with E-state index in [9.17, 15) is 9.59 Å². The normalized spacial score (nSPS) is 17.9. The molecule has 33 heavy (non-hydrogen) atoms. The number of halogens is 1. The highest BCUT2D eigenvalue weighted by Gasteiger charge is 2.36. The van der Waals surface area contributed by atoms with Crippen molar-refractivity contribution in [3.8, 4) is 5.69 Å². The third-order valence-electron chi connectivity index (χ3n) is 6.69. The molecule has 0 aliphatic heterocycles. The van der Waals surface area contributed by atoms with Crippen molar-refractivity contribution in [3.63, 3.8) is 0 Å². The fourth-order valence-electron chi connectivity index (χ4n) is 5.28. The molecule has 176 valence electrons. The molecule has 2 heterocycles. The molecule has 0 spiro atoms. The van der Waals surface area contributed by atoms with E-state index in [-0.39, 0.29) is 22.8 Å². The lowest BCUT2D eigenvalue weighted by atomic mass is 9.76. The summed E-state index contributed by atoms with van der Waals surface area (Å²) in [6.45, 7) is 4.21. The summed E-state index contributed by atoms with van der Waals surface area (Å²) in [5.41, 5.74) is 7.37. The third-order valence-corrected chi connectivity index (χ3v) is 7.59. The van der Waals surface area contributed by atoms with Gasteiger partial charge in [-0.3, -0.25) is 9.59 Å². The smallest absolute Gasteiger partial charge is 0.165 e. The number of Topliss-reactive ketones (excluding diaryl/α,β-unsaturated/α-hetero) is 1. The van der Waals surface area contributed by atoms with Gasteiger partial charge in [0, 0.05) is 34.8 Å². The van der Waals surface area contributed by atoms with Crippen molar-refractivity contribution < 1.29 is 14.0 Å². The topological polar surface area (TPSA) is 77.1 Å². The molecule has 1 saturated carbocycles. The molecule has 5 nitrogen and oxygen atoms in total. The Hall–Kier alpha value is -2.51. The van der Waals surface area contributed by atoms with Crippen LogP contribution in [0.1, 0.15) is 78.8 Å². The maximum Gasteiger partial charge on any atom is 0.165 e. The zero-order valence-electron chi connectivity index (χ0n) is 19.5. The lowest BCUT2D eigenvalue weighted by molar-refractivity contribution is 0.0912. The van der Waals surface area contributed by atoms with Gasteiger partial charge >= 0.3 is 0 Å². The minimum Gasteiger partial charge on any atom is -0.382 e. The van der Waals surface area contributed by atoms with Gasteiger partial charge in [-0.1, -0.05) is 33.1 Å². The highest BCUT2D eigenvalue weighted by molar-refractivity contribution is 7.17. The zero-order chi connectivity index (χ0) is 23.8. The number of hydrogen-bond donors (Lipinski definition) is 2. The molecule has 1 aromatic carbocycles. The Labute approximate surface area is 198 Å². The maximum absolute atomic E-state index is 15.1. The molecule has 0 unspecified atom stereocenters. The number of carbonyl (C=O) groups is 2. The number of nitrogens with one attached hydrogen (secondary N) is 1. The molecule has 0 amide bonds. The first kappa shape index (κ1) is 23.6. The minimum absolute atomic E-state index is 0.0779. The highest BCUT2D eigenvalue weighted by Crippen LogP contribution is 2.43. The summed E-state index contributed by atoms with van der Waals surface area (Å²) >= 11 is 1.56. The van der Waals surface area contributed by atoms with Gasteiger partial charge < -0.3 is 15.6 Å². The number of carbonyl (C=O) groups excluding carboxylic acids is 2. The maximum atomic E-state index is 15.1. The molecule has 0 atom stereocenters. The molecule has 5 rings (SSSR count). The summed E-state index contributed by atoms with van der Waals surface area (Å²) in [4.78, 5) is 25.7. The number of aromatic nitrogens is 1. The van der Waals surface area contributed by atoms with E-state index in [1.165, 1.54) is 19.5 Å². The van der Waals surface area contributed by atoms with Gasteiger partial charge in [-0.2, -0.15) is 0 Å². The number of thiophene rings is 1. The summed E-state index contributed by atoms with van der Waals surface area (Å²) in [6, 6.07) is 5.56. The standard InChI is InChI=1S/C25H27FN2O2S.CH5N/c1-25(2)12-21-23(22(30)13-25)17-8-9-31-24(17)28(21)16-10-19(26)18(14-29)20(11-16)27-15-6-4-3-5-7-15;1-2/h8-11,14-15,27H,3-7,12-13H2,1-2H3;2H2,1H3. The van der Waals surface area contributed by atoms with Gasteiger partial charge in [0.1, 0.15) is 10.6 Å². The average molecular weight is 470 g/mol. The number of benzene rings is 1. The molecule has 2 aliphatic carbocycles. The average Bonchev–Trinajstić information content (AvgIpc) is 3.35. The summed E-state index contributed by atoms with van der Waals surface area (Å²) in [5, 5.41) is 6.37. The third kappa shape index (κ3) is 4.36. The Morgan fingerprint density at radius 2 is 1.91 bits per heavy atom. The fraction of sp³-hybridized carbons (Fsp3) is 0.462. The van der Waals surface area contributed by atoms with Crippen LogP contribution in [0.4, 0.5) is 10.1 Å². The second kappa shape index (κ2) is 9.39. The number of nitrogens with two attached hydrogens (primary N) is 1. The molecule has 3 N–H and O–H groups in total. The predicted molar refractivity (Wildman–Crippen MR) is 134 cm³/mol. The second-order valence-corrected chi connectivity index (χ2v) is 10.6. The van der Waals surface area contributed by atoms with Gasteiger partial charge in [-0.05, 0) is 55.3 Å². The number of nitrogens with zero attached hydrogens (tertiary/aromatic N) is 1. The Kier molecular flexibility index (Phi) is 6.73. The number of anilines is 1. The van der Waals surface area contributed by atoms with Crippen LogP contribution in [-0.4, -0.2) is 29.7 Å². The minimum atomic E-state index is -0.528. The quantitative estimate of drug-likeness (QED) is 0.452. The number of ketones is 1. The lowest BCUT2D eigenvalue weighted by Gasteiger charge is -2.30. The van der Waals surface area contributed by atoms with Crippen molar-refractivity contribution in [2.45, 2.75) is 64.8 Å². The Morgan fingerprint density at radius 3 is 2.61 bits per heavy atom. The largest absolute Gasteiger partial charge is 0.382 e. The van der Waals surface area contributed by atoms with E-state index in [4.69, 9.17) is 0 Å². The first-order valence-corrected chi connectivity index (χ1v) is 12.5. The van der Waals surface area contributed by atoms with Crippen LogP contribution in [0.2, 0.25) is 0 Å². The van der Waals surface area contributed by atoms with Gasteiger partial charge in [0.15, 0.2) is 12.1 Å². The fourth-order valence-corrected chi connectivity index (χ4v) is 6.23. The molecular formula is C26H32FN3O2S. The molecule has 3 aromatic rings. The number of hydrogen-bond acceptors (Lipinski definition) is 5. The lowest BCUT2D eigenvalue weighted by Crippen LogP contribution is -2.28. The number of aldehydes is 1. The van der Waals surface area contributed by atoms with Crippen molar-refractivity contribution in [2.75, 3.05) is 12.4 Å². The second-order valence-electron chi connectivity index (χ2n) is 9.72. The van der Waals surface area contributed by atoms with E-state index in [1.54, 1.807) is 11.3 Å². The van der Waals surface area contributed by atoms with Crippen LogP contribution >= 0.6 is 11.3 Å². The summed E-state index contributed by atoms with van der Waals surface area (Å²) < 4.78 is 17.1. The molecule has 0 saturated heterocycles. The van der Waals surface area contributed by atoms with E-state index in [2.05, 4.69) is 24.9 Å². The number of rotatable bonds is 4. The first-order valence-electron chi connectivity index (χ1n) is 11.7. The monoisotopic (exact) mass is 469 g/mol. The van der Waals surface area contributed by atoms with Crippen LogP contribution < -0.4 is 11.1 Å². The van der Waals surface area contributed by atoms with Crippen LogP contribution in [0.3, 0.4) is 0 Å². The van der Waals surface area contributed by atoms with Gasteiger partial charge in [0.2, 0.25) is 0 Å². The molecular weight excluding hydrogens is 437 g/mol. The van der Waals surface area contributed by atoms with Gasteiger partial charge in [-0.15, -0.1) is 11.3 Å². The highest BCUT2D eigenvalue weighted by atomic mass is 32.1. The van der Waals surface area contributed by atoms with Gasteiger partial charge in [0.25, 0.3) is 0 Å². The van der Waals surface area contributed by atoms with Crippen LogP contribution in [0, 0.1) is 11.2 Å². The zero-order valence-corrected chi connectivity index (χ0v) is 20.4. The Morgan fingerprint density at radius 1 is 1.18 bits per heavy atom. The first-order chi connectivity index (χ1) is 15.9. The SMILES string of the molecule is CC1(C)CC(=O)c2c(n(-c3cc(F)c(C=O)c(NC4CCCCC4)c3)c3sccc23)C1.CN. The molecule has 0 bridgehead atoms. The van der Waals surface area contributed by atoms with Crippen LogP contribution in [0.15, 0.2) is 23.6 Å². The van der Waals surface area contributed by atoms with Crippen molar-refractivity contribution in [1.29, 1.82) is 0 Å². The van der Waals surface area contributed by atoms with Crippen LogP contribution in [-0.2, 0) is 6.42 Å². The van der Waals surface area contributed by atoms with E-state index >= 15 is 4.39 Å². The van der Waals surface area contributed by atoms with E-state index in [0.717, 1.165) is 53.6 Å². The predicted octanol–water partition coefficient (Wildman–Crippen LogP) is 6.12. The van der Waals surface area contributed by atoms with Gasteiger partial charge in [-0.25, -0.2) is 4.39 Å². The summed E-state index contributed by atoms with van der Waals surface area (Å²) in [5.74, 6) is -0.377. The van der Waals surface area contributed by atoms with Crippen LogP contribution in [0.25, 0.3) is 15.9 Å². The van der Waals surface area contributed by atoms with Crippen molar-refractivity contribution in [2.24, 2.45) is 11.1 Å². The Balaban J connectivity index is 0.00000126. The summed E-state index contributed by atoms with van der Waals surface area (Å²) in [6.07, 6.45) is 7.44. The van der Waals surface area contributed by atoms with Gasteiger partial charge in [0.05, 0.1) is 11.3 Å². The molecule has 1 fully saturated rings. The molecule has 2 aromatic heterocycles. The molecule has 2 aliphatic rings. The van der Waals surface area contributed by atoms with Crippen LogP contribution in [0.5, 0.6) is 0 Å². The molecule has 0 radical (unpaired) electrons. The van der Waals surface area contributed by atoms with E-state index in [0.29, 0.717) is 24.1 Å². The number of fused-ring (bicyclic) bond motifs is 3. The van der Waals surface area contributed by atoms with Crippen molar-refractivity contribution in [3.05, 3.63) is 46.2 Å². The van der Waals surface area contributed by atoms with E-state index in [1.807, 2.05) is 22.1 Å². The van der Waals surface area contributed by atoms with Crippen molar-refractivity contribution >= 4 is 39.3 Å². The van der Waals surface area contributed by atoms with Crippen molar-refractivity contribution in [1.82, 2.24) is 4.57 Å².